The Kier molecular flexibility index (Phi) is 3.92. The van der Waals surface area contributed by atoms with Crippen LogP contribution in [0, 0.1) is 0 Å². The van der Waals surface area contributed by atoms with Crippen LogP contribution in [-0.4, -0.2) is 28.0 Å². The molecule has 0 bridgehead atoms. The maximum absolute atomic E-state index is 11.6. The first kappa shape index (κ1) is 12.3. The molecule has 0 amide bonds. The molecule has 1 atom stereocenters. The van der Waals surface area contributed by atoms with Gasteiger partial charge >= 0.3 is 6.36 Å². The highest BCUT2D eigenvalue weighted by Gasteiger charge is 2.28. The summed E-state index contributed by atoms with van der Waals surface area (Å²) in [5, 5.41) is 6.95. The molecule has 0 saturated carbocycles. The Morgan fingerprint density at radius 2 is 2.27 bits per heavy atom. The molecule has 15 heavy (non-hydrogen) atoms. The Bertz CT molecular complexity index is 313. The third-order valence-electron chi connectivity index (χ3n) is 1.55. The van der Waals surface area contributed by atoms with Crippen LogP contribution in [0.3, 0.4) is 0 Å². The highest BCUT2D eigenvalue weighted by atomic mass is 35.5. The number of alkyl halides is 4. The van der Waals surface area contributed by atoms with Gasteiger partial charge in [0.05, 0.1) is 24.7 Å². The number of nitrogens with zero attached hydrogens (tertiary/aromatic N) is 3. The summed E-state index contributed by atoms with van der Waals surface area (Å²) < 4.78 is 39.6. The zero-order chi connectivity index (χ0) is 11.5. The van der Waals surface area contributed by atoms with Crippen molar-refractivity contribution in [2.75, 3.05) is 6.61 Å². The summed E-state index contributed by atoms with van der Waals surface area (Å²) in [6.45, 7) is 1.18. The summed E-state index contributed by atoms with van der Waals surface area (Å²) in [6, 6.07) is 0. The van der Waals surface area contributed by atoms with Gasteiger partial charge in [-0.1, -0.05) is 5.21 Å². The van der Waals surface area contributed by atoms with E-state index in [9.17, 15) is 13.2 Å². The van der Waals surface area contributed by atoms with E-state index in [1.165, 1.54) is 10.9 Å². The van der Waals surface area contributed by atoms with Crippen LogP contribution >= 0.6 is 11.6 Å². The molecule has 1 aromatic rings. The molecular formula is C7H9ClF3N3O. The molecule has 1 rings (SSSR count). The number of aromatic nitrogens is 3. The van der Waals surface area contributed by atoms with Crippen molar-refractivity contribution in [3.8, 4) is 0 Å². The van der Waals surface area contributed by atoms with Crippen molar-refractivity contribution in [1.29, 1.82) is 0 Å². The molecule has 8 heteroatoms. The van der Waals surface area contributed by atoms with Crippen LogP contribution in [0.1, 0.15) is 18.0 Å². The quantitative estimate of drug-likeness (QED) is 0.761. The van der Waals surface area contributed by atoms with E-state index in [0.717, 1.165) is 0 Å². The average molecular weight is 244 g/mol. The Labute approximate surface area is 89.0 Å². The molecule has 1 aromatic heterocycles. The van der Waals surface area contributed by atoms with Crippen LogP contribution in [-0.2, 0) is 11.3 Å². The smallest absolute Gasteiger partial charge is 0.290 e. The number of rotatable bonds is 4. The van der Waals surface area contributed by atoms with E-state index in [4.69, 9.17) is 11.6 Å². The Hall–Kier alpha value is -0.820. The maximum Gasteiger partial charge on any atom is 0.522 e. The van der Waals surface area contributed by atoms with Crippen molar-refractivity contribution in [3.05, 3.63) is 11.9 Å². The van der Waals surface area contributed by atoms with Crippen molar-refractivity contribution in [2.45, 2.75) is 25.2 Å². The van der Waals surface area contributed by atoms with Gasteiger partial charge in [0.15, 0.2) is 0 Å². The molecule has 86 valence electrons. The van der Waals surface area contributed by atoms with Gasteiger partial charge in [-0.3, -0.25) is 4.74 Å². The van der Waals surface area contributed by atoms with Gasteiger partial charge in [0, 0.05) is 0 Å². The molecule has 0 N–H and O–H groups in total. The van der Waals surface area contributed by atoms with Crippen molar-refractivity contribution >= 4 is 11.6 Å². The minimum atomic E-state index is -4.61. The molecule has 0 radical (unpaired) electrons. The Balaban J connectivity index is 2.38. The minimum Gasteiger partial charge on any atom is -0.290 e. The normalized spacial score (nSPS) is 14.2. The van der Waals surface area contributed by atoms with Gasteiger partial charge in [-0.15, -0.1) is 29.9 Å². The van der Waals surface area contributed by atoms with Crippen LogP contribution in [0.15, 0.2) is 6.20 Å². The van der Waals surface area contributed by atoms with Crippen LogP contribution in [0.5, 0.6) is 0 Å². The first-order valence-electron chi connectivity index (χ1n) is 4.13. The lowest BCUT2D eigenvalue weighted by Gasteiger charge is -2.06. The molecule has 0 aromatic carbocycles. The van der Waals surface area contributed by atoms with Crippen molar-refractivity contribution in [2.24, 2.45) is 0 Å². The fourth-order valence-corrected chi connectivity index (χ4v) is 0.960. The van der Waals surface area contributed by atoms with Crippen molar-refractivity contribution < 1.29 is 17.9 Å². The highest BCUT2D eigenvalue weighted by molar-refractivity contribution is 6.20. The number of ether oxygens (including phenoxy) is 1. The second kappa shape index (κ2) is 4.80. The summed E-state index contributed by atoms with van der Waals surface area (Å²) in [7, 11) is 0. The standard InChI is InChI=1S/C7H9ClF3N3O/c1-5(8)6-4-14(13-12-6)2-3-15-7(9,10)11/h4-5H,2-3H2,1H3. The molecule has 0 aliphatic carbocycles. The third-order valence-corrected chi connectivity index (χ3v) is 1.77. The molecule has 0 aliphatic heterocycles. The number of hydrogen-bond acceptors (Lipinski definition) is 3. The van der Waals surface area contributed by atoms with Crippen LogP contribution in [0.2, 0.25) is 0 Å². The lowest BCUT2D eigenvalue weighted by Crippen LogP contribution is -2.17. The van der Waals surface area contributed by atoms with E-state index < -0.39 is 13.0 Å². The molecule has 1 unspecified atom stereocenters. The van der Waals surface area contributed by atoms with Crippen molar-refractivity contribution in [3.63, 3.8) is 0 Å². The van der Waals surface area contributed by atoms with Gasteiger partial charge < -0.3 is 0 Å². The minimum absolute atomic E-state index is 0.0177. The topological polar surface area (TPSA) is 39.9 Å². The second-order valence-electron chi connectivity index (χ2n) is 2.82. The van der Waals surface area contributed by atoms with Crippen molar-refractivity contribution in [1.82, 2.24) is 15.0 Å². The summed E-state index contributed by atoms with van der Waals surface area (Å²) in [5.41, 5.74) is 0.517. The lowest BCUT2D eigenvalue weighted by atomic mass is 10.4. The summed E-state index contributed by atoms with van der Waals surface area (Å²) in [6.07, 6.45) is -3.12. The zero-order valence-electron chi connectivity index (χ0n) is 7.83. The van der Waals surface area contributed by atoms with E-state index in [0.29, 0.717) is 5.69 Å². The SMILES string of the molecule is CC(Cl)c1cn(CCOC(F)(F)F)nn1. The molecule has 0 spiro atoms. The van der Waals surface area contributed by atoms with Gasteiger partial charge in [-0.2, -0.15) is 0 Å². The molecule has 0 saturated heterocycles. The van der Waals surface area contributed by atoms with Crippen LogP contribution in [0.4, 0.5) is 13.2 Å². The van der Waals surface area contributed by atoms with Gasteiger partial charge in [0.1, 0.15) is 5.69 Å². The monoisotopic (exact) mass is 243 g/mol. The first-order chi connectivity index (χ1) is 6.88. The van der Waals surface area contributed by atoms with E-state index in [1.54, 1.807) is 6.92 Å². The Morgan fingerprint density at radius 3 is 2.73 bits per heavy atom. The van der Waals surface area contributed by atoms with Gasteiger partial charge in [0.2, 0.25) is 0 Å². The van der Waals surface area contributed by atoms with Gasteiger partial charge in [-0.25, -0.2) is 4.68 Å². The zero-order valence-corrected chi connectivity index (χ0v) is 8.59. The van der Waals surface area contributed by atoms with Gasteiger partial charge in [-0.05, 0) is 6.92 Å². The van der Waals surface area contributed by atoms with E-state index >= 15 is 0 Å². The Morgan fingerprint density at radius 1 is 1.60 bits per heavy atom. The van der Waals surface area contributed by atoms with Gasteiger partial charge in [0.25, 0.3) is 0 Å². The van der Waals surface area contributed by atoms with E-state index in [1.807, 2.05) is 0 Å². The average Bonchev–Trinajstić information content (AvgIpc) is 2.50. The fourth-order valence-electron chi connectivity index (χ4n) is 0.860. The summed E-state index contributed by atoms with van der Waals surface area (Å²) in [5.74, 6) is 0. The molecule has 4 nitrogen and oxygen atoms in total. The number of hydrogen-bond donors (Lipinski definition) is 0. The summed E-state index contributed by atoms with van der Waals surface area (Å²) in [4.78, 5) is 0. The van der Waals surface area contributed by atoms with Crippen LogP contribution < -0.4 is 0 Å². The maximum atomic E-state index is 11.6. The molecular weight excluding hydrogens is 235 g/mol. The largest absolute Gasteiger partial charge is 0.522 e. The summed E-state index contributed by atoms with van der Waals surface area (Å²) >= 11 is 5.70. The molecule has 0 fully saturated rings. The predicted octanol–water partition coefficient (Wildman–Crippen LogP) is 2.11. The second-order valence-corrected chi connectivity index (χ2v) is 3.47. The molecule has 1 heterocycles. The van der Waals surface area contributed by atoms with Crippen LogP contribution in [0.25, 0.3) is 0 Å². The molecule has 0 aliphatic rings. The highest BCUT2D eigenvalue weighted by Crippen LogP contribution is 2.17. The number of halogens is 4. The lowest BCUT2D eigenvalue weighted by molar-refractivity contribution is -0.325. The fraction of sp³-hybridized carbons (Fsp3) is 0.714. The predicted molar refractivity (Wildman–Crippen MR) is 46.3 cm³/mol. The third kappa shape index (κ3) is 4.48. The van der Waals surface area contributed by atoms with E-state index in [-0.39, 0.29) is 11.9 Å². The van der Waals surface area contributed by atoms with E-state index in [2.05, 4.69) is 15.0 Å². The first-order valence-corrected chi connectivity index (χ1v) is 4.57.